The van der Waals surface area contributed by atoms with E-state index >= 15 is 0 Å². The maximum Gasteiger partial charge on any atom is 0.148 e. The first kappa shape index (κ1) is 5.12. The Kier molecular flexibility index (Phi) is 1.70. The van der Waals surface area contributed by atoms with Crippen LogP contribution in [0.15, 0.2) is 0 Å². The van der Waals surface area contributed by atoms with Crippen molar-refractivity contribution in [3.63, 3.8) is 0 Å². The van der Waals surface area contributed by atoms with Crippen LogP contribution in [0.3, 0.4) is 0 Å². The van der Waals surface area contributed by atoms with Crippen molar-refractivity contribution < 1.29 is 4.79 Å². The van der Waals surface area contributed by atoms with Gasteiger partial charge >= 0.3 is 0 Å². The normalized spacial score (nSPS) is 22.6. The molecule has 40 valence electrons. The molecule has 1 aliphatic rings. The van der Waals surface area contributed by atoms with E-state index < -0.39 is 0 Å². The quantitative estimate of drug-likeness (QED) is 0.459. The molecule has 2 nitrogen and oxygen atoms in total. The zero-order valence-corrected chi connectivity index (χ0v) is 4.75. The van der Waals surface area contributed by atoms with Gasteiger partial charge in [0, 0.05) is 12.2 Å². The third-order valence-corrected chi connectivity index (χ3v) is 1.61. The van der Waals surface area contributed by atoms with Gasteiger partial charge in [-0.15, -0.1) is 0 Å². The number of ketones is 1. The van der Waals surface area contributed by atoms with Crippen LogP contribution in [0, 0.1) is 0 Å². The summed E-state index contributed by atoms with van der Waals surface area (Å²) in [5.74, 6) is 1.28. The van der Waals surface area contributed by atoms with Gasteiger partial charge in [0.15, 0.2) is 0 Å². The summed E-state index contributed by atoms with van der Waals surface area (Å²) in [6.07, 6.45) is 0.748. The number of rotatable bonds is 0. The van der Waals surface area contributed by atoms with Crippen LogP contribution in [-0.2, 0) is 4.79 Å². The van der Waals surface area contributed by atoms with Gasteiger partial charge in [-0.25, -0.2) is 0 Å². The Labute approximate surface area is 46.8 Å². The number of carbonyl (C=O) groups is 1. The summed E-state index contributed by atoms with van der Waals surface area (Å²) in [4.78, 5) is 10.4. The van der Waals surface area contributed by atoms with Gasteiger partial charge in [0.05, 0.1) is 6.54 Å². The minimum absolute atomic E-state index is 0.332. The molecule has 0 saturated carbocycles. The third-order valence-electron chi connectivity index (χ3n) is 0.854. The molecule has 0 spiro atoms. The van der Waals surface area contributed by atoms with Crippen LogP contribution in [0.2, 0.25) is 0 Å². The average Bonchev–Trinajstić information content (AvgIpc) is 1.69. The SMILES string of the molecule is O=C1CCSNC1. The van der Waals surface area contributed by atoms with E-state index in [1.807, 2.05) is 0 Å². The molecule has 0 aromatic carbocycles. The Morgan fingerprint density at radius 3 is 2.86 bits per heavy atom. The summed E-state index contributed by atoms with van der Waals surface area (Å²) >= 11 is 1.63. The second-order valence-electron chi connectivity index (χ2n) is 1.46. The molecule has 0 aliphatic carbocycles. The Balaban J connectivity index is 2.25. The standard InChI is InChI=1S/C4H7NOS/c6-4-1-2-7-5-3-4/h5H,1-3H2. The van der Waals surface area contributed by atoms with Crippen LogP contribution < -0.4 is 4.72 Å². The van der Waals surface area contributed by atoms with Gasteiger partial charge in [0.2, 0.25) is 0 Å². The summed E-state index contributed by atoms with van der Waals surface area (Å²) in [7, 11) is 0. The average molecular weight is 117 g/mol. The molecule has 0 bridgehead atoms. The highest BCUT2D eigenvalue weighted by atomic mass is 32.2. The van der Waals surface area contributed by atoms with E-state index in [1.165, 1.54) is 0 Å². The van der Waals surface area contributed by atoms with Crippen LogP contribution >= 0.6 is 11.9 Å². The highest BCUT2D eigenvalue weighted by Gasteiger charge is 2.05. The first-order valence-electron chi connectivity index (χ1n) is 2.26. The molecule has 0 aromatic heterocycles. The van der Waals surface area contributed by atoms with Crippen molar-refractivity contribution in [2.75, 3.05) is 12.3 Å². The summed E-state index contributed by atoms with van der Waals surface area (Å²) in [5.41, 5.74) is 0. The molecule has 1 aliphatic heterocycles. The van der Waals surface area contributed by atoms with Crippen molar-refractivity contribution in [1.82, 2.24) is 4.72 Å². The molecule has 1 fully saturated rings. The largest absolute Gasteiger partial charge is 0.298 e. The molecular weight excluding hydrogens is 110 g/mol. The van der Waals surface area contributed by atoms with Crippen LogP contribution in [0.25, 0.3) is 0 Å². The van der Waals surface area contributed by atoms with Crippen LogP contribution in [-0.4, -0.2) is 18.1 Å². The predicted octanol–water partition coefficient (Wildman–Crippen LogP) is 0.197. The smallest absolute Gasteiger partial charge is 0.148 e. The third kappa shape index (κ3) is 1.49. The topological polar surface area (TPSA) is 29.1 Å². The monoisotopic (exact) mass is 117 g/mol. The van der Waals surface area contributed by atoms with Crippen molar-refractivity contribution in [2.45, 2.75) is 6.42 Å². The lowest BCUT2D eigenvalue weighted by Gasteiger charge is -2.07. The summed E-state index contributed by atoms with van der Waals surface area (Å²) < 4.78 is 2.90. The maximum atomic E-state index is 10.4. The molecule has 1 N–H and O–H groups in total. The summed E-state index contributed by atoms with van der Waals surface area (Å²) in [6, 6.07) is 0. The molecule has 3 heteroatoms. The van der Waals surface area contributed by atoms with E-state index in [2.05, 4.69) is 4.72 Å². The first-order valence-corrected chi connectivity index (χ1v) is 3.24. The van der Waals surface area contributed by atoms with Gasteiger partial charge in [-0.2, -0.15) is 0 Å². The lowest BCUT2D eigenvalue weighted by molar-refractivity contribution is -0.117. The molecule has 1 rings (SSSR count). The van der Waals surface area contributed by atoms with E-state index in [-0.39, 0.29) is 0 Å². The molecule has 7 heavy (non-hydrogen) atoms. The van der Waals surface area contributed by atoms with E-state index in [9.17, 15) is 4.79 Å². The van der Waals surface area contributed by atoms with Gasteiger partial charge in [-0.3, -0.25) is 9.52 Å². The van der Waals surface area contributed by atoms with Crippen molar-refractivity contribution in [3.8, 4) is 0 Å². The zero-order chi connectivity index (χ0) is 5.11. The zero-order valence-electron chi connectivity index (χ0n) is 3.94. The number of carbonyl (C=O) groups excluding carboxylic acids is 1. The number of hydrogen-bond acceptors (Lipinski definition) is 3. The lowest BCUT2D eigenvalue weighted by Crippen LogP contribution is -2.22. The van der Waals surface area contributed by atoms with Gasteiger partial charge in [-0.1, -0.05) is 11.9 Å². The second kappa shape index (κ2) is 2.33. The molecule has 0 atom stereocenters. The Morgan fingerprint density at radius 1 is 1.71 bits per heavy atom. The summed E-state index contributed by atoms with van der Waals surface area (Å²) in [5, 5.41) is 0. The maximum absolute atomic E-state index is 10.4. The van der Waals surface area contributed by atoms with Crippen LogP contribution in [0.4, 0.5) is 0 Å². The van der Waals surface area contributed by atoms with Crippen LogP contribution in [0.1, 0.15) is 6.42 Å². The molecular formula is C4H7NOS. The van der Waals surface area contributed by atoms with E-state index in [4.69, 9.17) is 0 Å². The Morgan fingerprint density at radius 2 is 2.57 bits per heavy atom. The number of Topliss-reactive ketones (excluding diaryl/α,β-unsaturated/α-hetero) is 1. The second-order valence-corrected chi connectivity index (χ2v) is 2.44. The minimum Gasteiger partial charge on any atom is -0.298 e. The molecule has 1 saturated heterocycles. The van der Waals surface area contributed by atoms with E-state index in [0.29, 0.717) is 12.3 Å². The van der Waals surface area contributed by atoms with Gasteiger partial charge in [0.25, 0.3) is 0 Å². The number of hydrogen-bond donors (Lipinski definition) is 1. The molecule has 1 heterocycles. The van der Waals surface area contributed by atoms with Crippen molar-refractivity contribution in [1.29, 1.82) is 0 Å². The van der Waals surface area contributed by atoms with Gasteiger partial charge < -0.3 is 0 Å². The van der Waals surface area contributed by atoms with Crippen molar-refractivity contribution in [3.05, 3.63) is 0 Å². The van der Waals surface area contributed by atoms with Gasteiger partial charge in [0.1, 0.15) is 5.78 Å². The molecule has 0 aromatic rings. The van der Waals surface area contributed by atoms with E-state index in [0.717, 1.165) is 12.2 Å². The predicted molar refractivity (Wildman–Crippen MR) is 30.1 cm³/mol. The fourth-order valence-corrected chi connectivity index (χ4v) is 1.19. The molecule has 0 amide bonds. The summed E-state index contributed by atoms with van der Waals surface area (Å²) in [6.45, 7) is 0.560. The highest BCUT2D eigenvalue weighted by molar-refractivity contribution is 7.97. The number of nitrogens with one attached hydrogen (secondary N) is 1. The Bertz CT molecular complexity index is 75.8. The fraction of sp³-hybridized carbons (Fsp3) is 0.750. The molecule has 0 radical (unpaired) electrons. The highest BCUT2D eigenvalue weighted by Crippen LogP contribution is 2.02. The minimum atomic E-state index is 0.332. The van der Waals surface area contributed by atoms with E-state index in [1.54, 1.807) is 11.9 Å². The Hall–Kier alpha value is -0.0200. The van der Waals surface area contributed by atoms with Crippen molar-refractivity contribution >= 4 is 17.7 Å². The fourth-order valence-electron chi connectivity index (χ4n) is 0.457. The van der Waals surface area contributed by atoms with Crippen molar-refractivity contribution in [2.24, 2.45) is 0 Å². The first-order chi connectivity index (χ1) is 3.39. The van der Waals surface area contributed by atoms with Gasteiger partial charge in [-0.05, 0) is 0 Å². The van der Waals surface area contributed by atoms with Crippen LogP contribution in [0.5, 0.6) is 0 Å². The molecule has 0 unspecified atom stereocenters. The lowest BCUT2D eigenvalue weighted by atomic mass is 10.3.